The Morgan fingerprint density at radius 3 is 2.57 bits per heavy atom. The van der Waals surface area contributed by atoms with E-state index in [1.807, 2.05) is 24.3 Å². The molecule has 7 heteroatoms. The molecule has 0 bridgehead atoms. The van der Waals surface area contributed by atoms with Crippen LogP contribution in [0.3, 0.4) is 0 Å². The lowest BCUT2D eigenvalue weighted by Crippen LogP contribution is -2.13. The van der Waals surface area contributed by atoms with Crippen molar-refractivity contribution in [2.24, 2.45) is 0 Å². The van der Waals surface area contributed by atoms with Gasteiger partial charge < -0.3 is 20.1 Å². The lowest BCUT2D eigenvalue weighted by molar-refractivity contribution is 0.102. The number of pyridine rings is 1. The molecule has 2 heterocycles. The van der Waals surface area contributed by atoms with Gasteiger partial charge in [-0.3, -0.25) is 4.79 Å². The van der Waals surface area contributed by atoms with Crippen LogP contribution in [0.4, 0.5) is 11.4 Å². The summed E-state index contributed by atoms with van der Waals surface area (Å²) in [6.07, 6.45) is 1.61. The summed E-state index contributed by atoms with van der Waals surface area (Å²) in [6, 6.07) is 17.9. The fourth-order valence-electron chi connectivity index (χ4n) is 2.71. The number of nitrogens with zero attached hydrogens (tertiary/aromatic N) is 2. The number of ether oxygens (including phenoxy) is 2. The molecule has 1 aromatic heterocycles. The van der Waals surface area contributed by atoms with Gasteiger partial charge >= 0.3 is 0 Å². The van der Waals surface area contributed by atoms with E-state index in [2.05, 4.69) is 15.6 Å². The minimum absolute atomic E-state index is 0.252. The number of nitriles is 1. The van der Waals surface area contributed by atoms with E-state index in [0.717, 1.165) is 22.7 Å². The topological polar surface area (TPSA) is 96.3 Å². The van der Waals surface area contributed by atoms with Crippen molar-refractivity contribution in [3.05, 3.63) is 77.6 Å². The van der Waals surface area contributed by atoms with E-state index in [0.29, 0.717) is 23.5 Å². The summed E-state index contributed by atoms with van der Waals surface area (Å²) in [5.74, 6) is 1.18. The highest BCUT2D eigenvalue weighted by molar-refractivity contribution is 6.02. The molecule has 0 saturated carbocycles. The molecule has 2 N–H and O–H groups in total. The number of hydrogen-bond donors (Lipinski definition) is 2. The molecule has 138 valence electrons. The molecule has 0 atom stereocenters. The molecular formula is C21H16N4O3. The smallest absolute Gasteiger partial charge is 0.274 e. The minimum Gasteiger partial charge on any atom is -0.454 e. The van der Waals surface area contributed by atoms with Crippen LogP contribution in [0, 0.1) is 11.3 Å². The second-order valence-electron chi connectivity index (χ2n) is 6.12. The Hall–Kier alpha value is -4.05. The lowest BCUT2D eigenvalue weighted by atomic mass is 10.2. The first-order valence-electron chi connectivity index (χ1n) is 8.61. The van der Waals surface area contributed by atoms with Gasteiger partial charge in [0.1, 0.15) is 5.69 Å². The van der Waals surface area contributed by atoms with E-state index in [1.165, 1.54) is 0 Å². The molecular weight excluding hydrogens is 356 g/mol. The van der Waals surface area contributed by atoms with Gasteiger partial charge in [-0.1, -0.05) is 6.07 Å². The number of benzene rings is 2. The maximum absolute atomic E-state index is 12.3. The molecule has 0 saturated heterocycles. The molecule has 7 nitrogen and oxygen atoms in total. The third-order valence-electron chi connectivity index (χ3n) is 4.20. The van der Waals surface area contributed by atoms with Gasteiger partial charge in [0.2, 0.25) is 6.79 Å². The van der Waals surface area contributed by atoms with E-state index >= 15 is 0 Å². The monoisotopic (exact) mass is 372 g/mol. The number of amides is 1. The SMILES string of the molecule is N#Cc1ccc(NC(=O)c2ccc(NCc3ccc4c(c3)OCO4)cn2)cc1. The largest absolute Gasteiger partial charge is 0.454 e. The van der Waals surface area contributed by atoms with Crippen LogP contribution in [0.5, 0.6) is 11.5 Å². The Balaban J connectivity index is 1.35. The van der Waals surface area contributed by atoms with Gasteiger partial charge in [0, 0.05) is 12.2 Å². The first-order chi connectivity index (χ1) is 13.7. The molecule has 28 heavy (non-hydrogen) atoms. The van der Waals surface area contributed by atoms with Gasteiger partial charge in [-0.2, -0.15) is 5.26 Å². The van der Waals surface area contributed by atoms with Crippen LogP contribution in [-0.2, 0) is 6.54 Å². The first kappa shape index (κ1) is 17.4. The number of rotatable bonds is 5. The van der Waals surface area contributed by atoms with Crippen molar-refractivity contribution in [1.82, 2.24) is 4.98 Å². The summed E-state index contributed by atoms with van der Waals surface area (Å²) in [5.41, 5.74) is 3.29. The molecule has 0 unspecified atom stereocenters. The second-order valence-corrected chi connectivity index (χ2v) is 6.12. The Labute approximate surface area is 161 Å². The molecule has 0 fully saturated rings. The lowest BCUT2D eigenvalue weighted by Gasteiger charge is -2.08. The average Bonchev–Trinajstić information content (AvgIpc) is 3.21. The fourth-order valence-corrected chi connectivity index (χ4v) is 2.71. The van der Waals surface area contributed by atoms with E-state index < -0.39 is 0 Å². The van der Waals surface area contributed by atoms with Crippen molar-refractivity contribution in [2.75, 3.05) is 17.4 Å². The third-order valence-corrected chi connectivity index (χ3v) is 4.20. The number of anilines is 2. The Morgan fingerprint density at radius 2 is 1.82 bits per heavy atom. The van der Waals surface area contributed by atoms with Crippen LogP contribution in [0.15, 0.2) is 60.8 Å². The zero-order chi connectivity index (χ0) is 19.3. The van der Waals surface area contributed by atoms with E-state index in [-0.39, 0.29) is 12.7 Å². The van der Waals surface area contributed by atoms with Gasteiger partial charge in [0.25, 0.3) is 5.91 Å². The van der Waals surface area contributed by atoms with E-state index in [4.69, 9.17) is 14.7 Å². The standard InChI is InChI=1S/C21H16N4O3/c22-10-14-1-4-16(5-2-14)25-21(26)18-7-6-17(12-24-18)23-11-15-3-8-19-20(9-15)28-13-27-19/h1-9,12,23H,11,13H2,(H,25,26). The second kappa shape index (κ2) is 7.68. The molecule has 3 aromatic rings. The zero-order valence-corrected chi connectivity index (χ0v) is 14.8. The summed E-state index contributed by atoms with van der Waals surface area (Å²) in [5, 5.41) is 14.8. The Bertz CT molecular complexity index is 1040. The van der Waals surface area contributed by atoms with Crippen molar-refractivity contribution < 1.29 is 14.3 Å². The number of fused-ring (bicyclic) bond motifs is 1. The zero-order valence-electron chi connectivity index (χ0n) is 14.8. The highest BCUT2D eigenvalue weighted by Gasteiger charge is 2.13. The van der Waals surface area contributed by atoms with Crippen LogP contribution in [0.1, 0.15) is 21.6 Å². The fraction of sp³-hybridized carbons (Fsp3) is 0.0952. The normalized spacial score (nSPS) is 11.5. The number of hydrogen-bond acceptors (Lipinski definition) is 6. The molecule has 0 aliphatic carbocycles. The number of carbonyl (C=O) groups excluding carboxylic acids is 1. The molecule has 1 amide bonds. The highest BCUT2D eigenvalue weighted by atomic mass is 16.7. The summed E-state index contributed by atoms with van der Waals surface area (Å²) in [6.45, 7) is 0.844. The van der Waals surface area contributed by atoms with Crippen molar-refractivity contribution in [2.45, 2.75) is 6.54 Å². The molecule has 0 radical (unpaired) electrons. The number of aromatic nitrogens is 1. The predicted octanol–water partition coefficient (Wildman–Crippen LogP) is 3.55. The summed E-state index contributed by atoms with van der Waals surface area (Å²) in [4.78, 5) is 16.5. The van der Waals surface area contributed by atoms with Gasteiger partial charge in [-0.05, 0) is 54.1 Å². The minimum atomic E-state index is -0.313. The molecule has 1 aliphatic rings. The maximum Gasteiger partial charge on any atom is 0.274 e. The average molecular weight is 372 g/mol. The van der Waals surface area contributed by atoms with Crippen LogP contribution in [0.25, 0.3) is 0 Å². The first-order valence-corrected chi connectivity index (χ1v) is 8.61. The van der Waals surface area contributed by atoms with Crippen molar-refractivity contribution >= 4 is 17.3 Å². The van der Waals surface area contributed by atoms with Crippen LogP contribution >= 0.6 is 0 Å². The number of carbonyl (C=O) groups is 1. The summed E-state index contributed by atoms with van der Waals surface area (Å²) in [7, 11) is 0. The van der Waals surface area contributed by atoms with Gasteiger partial charge in [0.15, 0.2) is 11.5 Å². The summed E-state index contributed by atoms with van der Waals surface area (Å²) >= 11 is 0. The molecule has 2 aromatic carbocycles. The maximum atomic E-state index is 12.3. The molecule has 4 rings (SSSR count). The Morgan fingerprint density at radius 1 is 1.04 bits per heavy atom. The predicted molar refractivity (Wildman–Crippen MR) is 103 cm³/mol. The number of nitrogens with one attached hydrogen (secondary N) is 2. The van der Waals surface area contributed by atoms with Crippen molar-refractivity contribution in [1.29, 1.82) is 5.26 Å². The van der Waals surface area contributed by atoms with Gasteiger partial charge in [-0.15, -0.1) is 0 Å². The third kappa shape index (κ3) is 3.86. The Kier molecular flexibility index (Phi) is 4.76. The van der Waals surface area contributed by atoms with Crippen molar-refractivity contribution in [3.63, 3.8) is 0 Å². The summed E-state index contributed by atoms with van der Waals surface area (Å²) < 4.78 is 10.7. The quantitative estimate of drug-likeness (QED) is 0.711. The van der Waals surface area contributed by atoms with Gasteiger partial charge in [-0.25, -0.2) is 4.98 Å². The molecule has 1 aliphatic heterocycles. The van der Waals surface area contributed by atoms with Crippen LogP contribution in [0.2, 0.25) is 0 Å². The molecule has 0 spiro atoms. The van der Waals surface area contributed by atoms with Gasteiger partial charge in [0.05, 0.1) is 23.5 Å². The highest BCUT2D eigenvalue weighted by Crippen LogP contribution is 2.32. The van der Waals surface area contributed by atoms with Crippen LogP contribution in [-0.4, -0.2) is 17.7 Å². The van der Waals surface area contributed by atoms with Crippen LogP contribution < -0.4 is 20.1 Å². The van der Waals surface area contributed by atoms with E-state index in [9.17, 15) is 4.79 Å². The van der Waals surface area contributed by atoms with Crippen molar-refractivity contribution in [3.8, 4) is 17.6 Å². The van der Waals surface area contributed by atoms with E-state index in [1.54, 1.807) is 42.6 Å².